The third-order valence-corrected chi connectivity index (χ3v) is 10.1. The van der Waals surface area contributed by atoms with Gasteiger partial charge in [0.15, 0.2) is 0 Å². The number of carbonyl (C=O) groups is 3. The Morgan fingerprint density at radius 1 is 1.07 bits per heavy atom. The SMILES string of the molecule is COC(=O)[C@H](Cc1c[nH]c2ccccc12)NC(=O)OC12CC3CC(CC(NCC(=O)N4Cc5ccc(F)cc5C4)(C3)C1)C2. The minimum Gasteiger partial charge on any atom is -0.467 e. The lowest BCUT2D eigenvalue weighted by Crippen LogP contribution is -2.66. The first-order valence-electron chi connectivity index (χ1n) is 15.1. The van der Waals surface area contributed by atoms with Crippen LogP contribution in [0.3, 0.4) is 0 Å². The number of aromatic amines is 1. The second-order valence-corrected chi connectivity index (χ2v) is 13.1. The van der Waals surface area contributed by atoms with Gasteiger partial charge >= 0.3 is 12.1 Å². The lowest BCUT2D eigenvalue weighted by Gasteiger charge is -2.61. The second kappa shape index (κ2) is 10.7. The van der Waals surface area contributed by atoms with Crippen LogP contribution in [0.4, 0.5) is 9.18 Å². The molecule has 3 N–H and O–H groups in total. The molecule has 1 aromatic heterocycles. The summed E-state index contributed by atoms with van der Waals surface area (Å²) in [7, 11) is 1.31. The molecular weight excluding hydrogens is 551 g/mol. The molecule has 2 amide bonds. The lowest BCUT2D eigenvalue weighted by atomic mass is 9.51. The van der Waals surface area contributed by atoms with Crippen LogP contribution in [0.1, 0.15) is 55.2 Å². The smallest absolute Gasteiger partial charge is 0.408 e. The summed E-state index contributed by atoms with van der Waals surface area (Å²) in [4.78, 5) is 44.3. The Morgan fingerprint density at radius 3 is 2.63 bits per heavy atom. The molecule has 4 saturated carbocycles. The summed E-state index contributed by atoms with van der Waals surface area (Å²) < 4.78 is 24.9. The number of nitrogens with one attached hydrogen (secondary N) is 3. The van der Waals surface area contributed by atoms with Crippen molar-refractivity contribution >= 4 is 28.9 Å². The summed E-state index contributed by atoms with van der Waals surface area (Å²) in [5.74, 6) is -0.0315. The maximum atomic E-state index is 13.7. The summed E-state index contributed by atoms with van der Waals surface area (Å²) in [6.07, 6.45) is 6.69. The maximum Gasteiger partial charge on any atom is 0.408 e. The van der Waals surface area contributed by atoms with Gasteiger partial charge in [0, 0.05) is 48.6 Å². The van der Waals surface area contributed by atoms with E-state index in [4.69, 9.17) is 9.47 Å². The van der Waals surface area contributed by atoms with Crippen LogP contribution >= 0.6 is 0 Å². The Kier molecular flexibility index (Phi) is 6.91. The number of fused-ring (bicyclic) bond motifs is 2. The standard InChI is InChI=1S/C33H37FN4O5/c1-42-30(40)28(10-23-15-35-27-5-3-2-4-26(23)27)37-31(41)43-33-13-20-8-21(14-33)12-32(11-20,19-33)36-16-29(39)38-17-22-6-7-25(34)9-24(22)18-38/h2-7,9,15,20-21,28,35-36H,8,10-14,16-19H2,1H3,(H,37,41)/t20?,21?,28-,32?,33?/m0/s1. The highest BCUT2D eigenvalue weighted by atomic mass is 19.1. The summed E-state index contributed by atoms with van der Waals surface area (Å²) in [5, 5.41) is 7.39. The predicted molar refractivity (Wildman–Crippen MR) is 156 cm³/mol. The molecule has 9 nitrogen and oxygen atoms in total. The molecule has 3 atom stereocenters. The number of amides is 2. The van der Waals surface area contributed by atoms with E-state index in [1.54, 1.807) is 11.0 Å². The first-order chi connectivity index (χ1) is 20.7. The number of halogens is 1. The number of hydrogen-bond donors (Lipinski definition) is 3. The normalized spacial score (nSPS) is 27.6. The highest BCUT2D eigenvalue weighted by molar-refractivity contribution is 5.86. The minimum absolute atomic E-state index is 0.0155. The zero-order valence-electron chi connectivity index (χ0n) is 24.3. The van der Waals surface area contributed by atoms with E-state index in [1.165, 1.54) is 19.2 Å². The molecule has 226 valence electrons. The molecule has 8 rings (SSSR count). The molecule has 5 aliphatic rings. The Morgan fingerprint density at radius 2 is 1.84 bits per heavy atom. The molecular formula is C33H37FN4O5. The van der Waals surface area contributed by atoms with Gasteiger partial charge in [-0.1, -0.05) is 24.3 Å². The molecule has 2 unspecified atom stereocenters. The zero-order valence-corrected chi connectivity index (χ0v) is 24.3. The molecule has 2 aromatic carbocycles. The third kappa shape index (κ3) is 5.37. The van der Waals surface area contributed by atoms with Gasteiger partial charge in [0.25, 0.3) is 0 Å². The van der Waals surface area contributed by atoms with Gasteiger partial charge in [0.2, 0.25) is 5.91 Å². The topological polar surface area (TPSA) is 113 Å². The highest BCUT2D eigenvalue weighted by Gasteiger charge is 2.59. The largest absolute Gasteiger partial charge is 0.467 e. The first kappa shape index (κ1) is 27.9. The number of ether oxygens (including phenoxy) is 2. The van der Waals surface area contributed by atoms with E-state index in [0.29, 0.717) is 31.3 Å². The average molecular weight is 589 g/mol. The van der Waals surface area contributed by atoms with E-state index in [2.05, 4.69) is 15.6 Å². The molecule has 3 aromatic rings. The Hall–Kier alpha value is -3.92. The molecule has 0 saturated heterocycles. The molecule has 1 aliphatic heterocycles. The number of benzene rings is 2. The van der Waals surface area contributed by atoms with Crippen molar-refractivity contribution in [3.63, 3.8) is 0 Å². The van der Waals surface area contributed by atoms with Gasteiger partial charge in [0.05, 0.1) is 13.7 Å². The molecule has 4 fully saturated rings. The van der Waals surface area contributed by atoms with E-state index in [9.17, 15) is 18.8 Å². The van der Waals surface area contributed by atoms with Crippen molar-refractivity contribution in [3.05, 3.63) is 71.2 Å². The van der Waals surface area contributed by atoms with E-state index < -0.39 is 23.7 Å². The summed E-state index contributed by atoms with van der Waals surface area (Å²) in [6, 6.07) is 11.6. The number of H-pyrrole nitrogens is 1. The molecule has 4 aliphatic carbocycles. The van der Waals surface area contributed by atoms with Gasteiger partial charge in [0.1, 0.15) is 17.5 Å². The highest BCUT2D eigenvalue weighted by Crippen LogP contribution is 2.59. The zero-order chi connectivity index (χ0) is 29.8. The molecule has 43 heavy (non-hydrogen) atoms. The second-order valence-electron chi connectivity index (χ2n) is 13.1. The van der Waals surface area contributed by atoms with Crippen molar-refractivity contribution in [1.29, 1.82) is 0 Å². The van der Waals surface area contributed by atoms with E-state index in [1.807, 2.05) is 30.5 Å². The van der Waals surface area contributed by atoms with Crippen LogP contribution in [0.5, 0.6) is 0 Å². The fraction of sp³-hybridized carbons (Fsp3) is 0.485. The van der Waals surface area contributed by atoms with Crippen LogP contribution < -0.4 is 10.6 Å². The predicted octanol–water partition coefficient (Wildman–Crippen LogP) is 4.34. The third-order valence-electron chi connectivity index (χ3n) is 10.1. The minimum atomic E-state index is -0.895. The van der Waals surface area contributed by atoms with Gasteiger partial charge in [-0.25, -0.2) is 14.0 Å². The van der Waals surface area contributed by atoms with Gasteiger partial charge < -0.3 is 30.0 Å². The van der Waals surface area contributed by atoms with Crippen molar-refractivity contribution < 1.29 is 28.2 Å². The Balaban J connectivity index is 1.01. The van der Waals surface area contributed by atoms with E-state index >= 15 is 0 Å². The molecule has 0 spiro atoms. The number of alkyl carbamates (subject to hydrolysis) is 1. The van der Waals surface area contributed by atoms with Gasteiger partial charge in [-0.15, -0.1) is 0 Å². The van der Waals surface area contributed by atoms with Crippen molar-refractivity contribution in [1.82, 2.24) is 20.5 Å². The van der Waals surface area contributed by atoms with Crippen LogP contribution in [0.15, 0.2) is 48.7 Å². The number of rotatable bonds is 8. The summed E-state index contributed by atoms with van der Waals surface area (Å²) >= 11 is 0. The quantitative estimate of drug-likeness (QED) is 0.338. The first-order valence-corrected chi connectivity index (χ1v) is 15.1. The van der Waals surface area contributed by atoms with Crippen LogP contribution in [0.25, 0.3) is 10.9 Å². The van der Waals surface area contributed by atoms with E-state index in [-0.39, 0.29) is 30.2 Å². The Labute approximate surface area is 249 Å². The van der Waals surface area contributed by atoms with Gasteiger partial charge in [-0.3, -0.25) is 4.79 Å². The van der Waals surface area contributed by atoms with Crippen LogP contribution in [0.2, 0.25) is 0 Å². The van der Waals surface area contributed by atoms with Crippen LogP contribution in [0, 0.1) is 17.7 Å². The number of nitrogens with zero attached hydrogens (tertiary/aromatic N) is 1. The van der Waals surface area contributed by atoms with Gasteiger partial charge in [-0.05, 0) is 78.8 Å². The fourth-order valence-electron chi connectivity index (χ4n) is 8.64. The molecule has 0 radical (unpaired) electrons. The Bertz CT molecular complexity index is 1570. The lowest BCUT2D eigenvalue weighted by molar-refractivity contribution is -0.151. The summed E-state index contributed by atoms with van der Waals surface area (Å²) in [6.45, 7) is 1.09. The van der Waals surface area contributed by atoms with Crippen molar-refractivity contribution in [2.24, 2.45) is 11.8 Å². The molecule has 4 bridgehead atoms. The number of aromatic nitrogens is 1. The fourth-order valence-corrected chi connectivity index (χ4v) is 8.64. The average Bonchev–Trinajstić information content (AvgIpc) is 3.58. The van der Waals surface area contributed by atoms with Crippen molar-refractivity contribution in [2.75, 3.05) is 13.7 Å². The monoisotopic (exact) mass is 588 g/mol. The molecule has 2 heterocycles. The number of para-hydroxylation sites is 1. The number of methoxy groups -OCH3 is 1. The number of carbonyl (C=O) groups excluding carboxylic acids is 3. The van der Waals surface area contributed by atoms with Gasteiger partial charge in [-0.2, -0.15) is 0 Å². The van der Waals surface area contributed by atoms with Crippen molar-refractivity contribution in [2.45, 2.75) is 75.2 Å². The molecule has 10 heteroatoms. The van der Waals surface area contributed by atoms with E-state index in [0.717, 1.165) is 59.7 Å². The van der Waals surface area contributed by atoms with Crippen molar-refractivity contribution in [3.8, 4) is 0 Å². The maximum absolute atomic E-state index is 13.7. The number of hydrogen-bond acceptors (Lipinski definition) is 6. The van der Waals surface area contributed by atoms with Crippen LogP contribution in [-0.2, 0) is 38.6 Å². The number of esters is 1. The van der Waals surface area contributed by atoms with Crippen LogP contribution in [-0.4, -0.2) is 58.7 Å². The summed E-state index contributed by atoms with van der Waals surface area (Å²) in [5.41, 5.74) is 2.77.